The predicted octanol–water partition coefficient (Wildman–Crippen LogP) is 5.58. The summed E-state index contributed by atoms with van der Waals surface area (Å²) < 4.78 is 78.6. The Hall–Kier alpha value is -3.11. The highest BCUT2D eigenvalue weighted by atomic mass is 35.5. The number of amides is 1. The summed E-state index contributed by atoms with van der Waals surface area (Å²) in [5.74, 6) is -1.43. The quantitative estimate of drug-likeness (QED) is 0.479. The molecule has 168 valence electrons. The van der Waals surface area contributed by atoms with Crippen molar-refractivity contribution in [3.05, 3.63) is 88.7 Å². The van der Waals surface area contributed by atoms with Crippen LogP contribution in [0.2, 0.25) is 5.02 Å². The summed E-state index contributed by atoms with van der Waals surface area (Å²) in [6.07, 6.45) is -4.60. The van der Waals surface area contributed by atoms with Crippen molar-refractivity contribution in [2.24, 2.45) is 0 Å². The van der Waals surface area contributed by atoms with E-state index >= 15 is 0 Å². The minimum atomic E-state index is -4.60. The number of carbonyl (C=O) groups is 1. The molecule has 5 nitrogen and oxygen atoms in total. The lowest BCUT2D eigenvalue weighted by Gasteiger charge is -2.20. The van der Waals surface area contributed by atoms with Gasteiger partial charge in [0.1, 0.15) is 5.82 Å². The number of anilines is 2. The number of carbonyl (C=O) groups excluding carboxylic acids is 1. The molecular formula is C21H15ClF4N2O3S. The SMILES string of the molecule is CN(c1ccc(F)cc1)S(=O)(=O)c1ccc(Cl)c(C(=O)Nc2cccc(C(F)(F)F)c2)c1. The summed E-state index contributed by atoms with van der Waals surface area (Å²) in [6, 6.07) is 12.1. The number of alkyl halides is 3. The van der Waals surface area contributed by atoms with Gasteiger partial charge in [-0.2, -0.15) is 13.2 Å². The second kappa shape index (κ2) is 8.79. The van der Waals surface area contributed by atoms with Crippen LogP contribution in [0.1, 0.15) is 15.9 Å². The lowest BCUT2D eigenvalue weighted by atomic mass is 10.1. The molecule has 3 aromatic rings. The molecule has 1 amide bonds. The fourth-order valence-corrected chi connectivity index (χ4v) is 4.18. The van der Waals surface area contributed by atoms with Crippen LogP contribution in [0.4, 0.5) is 28.9 Å². The number of nitrogens with one attached hydrogen (secondary N) is 1. The van der Waals surface area contributed by atoms with Gasteiger partial charge in [-0.05, 0) is 60.7 Å². The average Bonchev–Trinajstić information content (AvgIpc) is 2.73. The Morgan fingerprint density at radius 2 is 1.66 bits per heavy atom. The number of hydrogen-bond acceptors (Lipinski definition) is 3. The Morgan fingerprint density at radius 3 is 2.28 bits per heavy atom. The molecule has 0 heterocycles. The van der Waals surface area contributed by atoms with Crippen molar-refractivity contribution >= 4 is 38.9 Å². The van der Waals surface area contributed by atoms with Crippen molar-refractivity contribution in [3.8, 4) is 0 Å². The largest absolute Gasteiger partial charge is 0.416 e. The van der Waals surface area contributed by atoms with Crippen molar-refractivity contribution in [2.45, 2.75) is 11.1 Å². The Balaban J connectivity index is 1.91. The minimum Gasteiger partial charge on any atom is -0.322 e. The molecule has 0 aromatic heterocycles. The highest BCUT2D eigenvalue weighted by Crippen LogP contribution is 2.31. The van der Waals surface area contributed by atoms with E-state index in [1.807, 2.05) is 0 Å². The zero-order valence-corrected chi connectivity index (χ0v) is 17.9. The summed E-state index contributed by atoms with van der Waals surface area (Å²) in [5.41, 5.74) is -1.18. The zero-order valence-electron chi connectivity index (χ0n) is 16.3. The molecule has 0 saturated carbocycles. The smallest absolute Gasteiger partial charge is 0.322 e. The average molecular weight is 487 g/mol. The van der Waals surface area contributed by atoms with Gasteiger partial charge in [0.15, 0.2) is 0 Å². The third-order valence-electron chi connectivity index (χ3n) is 4.48. The maximum Gasteiger partial charge on any atom is 0.416 e. The normalized spacial score (nSPS) is 11.8. The highest BCUT2D eigenvalue weighted by molar-refractivity contribution is 7.92. The number of nitrogens with zero attached hydrogens (tertiary/aromatic N) is 1. The van der Waals surface area contributed by atoms with Crippen molar-refractivity contribution in [3.63, 3.8) is 0 Å². The van der Waals surface area contributed by atoms with Crippen LogP contribution in [-0.2, 0) is 16.2 Å². The fraction of sp³-hybridized carbons (Fsp3) is 0.0952. The molecule has 0 fully saturated rings. The minimum absolute atomic E-state index is 0.0992. The maximum absolute atomic E-state index is 13.1. The second-order valence-electron chi connectivity index (χ2n) is 6.62. The van der Waals surface area contributed by atoms with E-state index in [1.54, 1.807) is 0 Å². The predicted molar refractivity (Wildman–Crippen MR) is 113 cm³/mol. The Kier molecular flexibility index (Phi) is 6.47. The Labute approximate surface area is 186 Å². The first-order chi connectivity index (χ1) is 14.9. The van der Waals surface area contributed by atoms with E-state index in [1.165, 1.54) is 37.4 Å². The number of sulfonamides is 1. The third kappa shape index (κ3) is 5.03. The van der Waals surface area contributed by atoms with E-state index in [0.29, 0.717) is 0 Å². The maximum atomic E-state index is 13.1. The molecule has 0 spiro atoms. The summed E-state index contributed by atoms with van der Waals surface area (Å²) in [4.78, 5) is 12.3. The first-order valence-electron chi connectivity index (χ1n) is 8.92. The molecule has 32 heavy (non-hydrogen) atoms. The van der Waals surface area contributed by atoms with Crippen molar-refractivity contribution in [2.75, 3.05) is 16.7 Å². The summed E-state index contributed by atoms with van der Waals surface area (Å²) in [6.45, 7) is 0. The molecule has 0 unspecified atom stereocenters. The topological polar surface area (TPSA) is 66.5 Å². The number of halogens is 5. The standard InChI is InChI=1S/C21H15ClF4N2O3S/c1-28(16-7-5-14(23)6-8-16)32(30,31)17-9-10-19(22)18(12-17)20(29)27-15-4-2-3-13(11-15)21(24,25)26/h2-12H,1H3,(H,27,29). The van der Waals surface area contributed by atoms with Crippen molar-refractivity contribution in [1.82, 2.24) is 0 Å². The van der Waals surface area contributed by atoms with Gasteiger partial charge in [0, 0.05) is 12.7 Å². The molecule has 0 aliphatic heterocycles. The van der Waals surface area contributed by atoms with Crippen LogP contribution in [0.15, 0.2) is 71.6 Å². The van der Waals surface area contributed by atoms with Gasteiger partial charge in [-0.15, -0.1) is 0 Å². The number of rotatable bonds is 5. The van der Waals surface area contributed by atoms with E-state index in [2.05, 4.69) is 5.32 Å². The summed E-state index contributed by atoms with van der Waals surface area (Å²) in [5, 5.41) is 2.18. The monoisotopic (exact) mass is 486 g/mol. The Morgan fingerprint density at radius 1 is 1.00 bits per heavy atom. The van der Waals surface area contributed by atoms with Gasteiger partial charge >= 0.3 is 6.18 Å². The van der Waals surface area contributed by atoms with Crippen LogP contribution < -0.4 is 9.62 Å². The van der Waals surface area contributed by atoms with Crippen LogP contribution in [0.25, 0.3) is 0 Å². The van der Waals surface area contributed by atoms with E-state index in [0.717, 1.165) is 40.7 Å². The van der Waals surface area contributed by atoms with Crippen LogP contribution >= 0.6 is 11.6 Å². The zero-order chi connectivity index (χ0) is 23.7. The van der Waals surface area contributed by atoms with Crippen molar-refractivity contribution in [1.29, 1.82) is 0 Å². The molecule has 0 aliphatic rings. The molecule has 0 radical (unpaired) electrons. The number of hydrogen-bond donors (Lipinski definition) is 1. The summed E-state index contributed by atoms with van der Waals surface area (Å²) in [7, 11) is -2.90. The molecule has 1 N–H and O–H groups in total. The lowest BCUT2D eigenvalue weighted by Crippen LogP contribution is -2.27. The molecule has 3 rings (SSSR count). The fourth-order valence-electron chi connectivity index (χ4n) is 2.76. The van der Waals surface area contributed by atoms with Gasteiger partial charge in [-0.1, -0.05) is 17.7 Å². The molecule has 0 aliphatic carbocycles. The van der Waals surface area contributed by atoms with E-state index in [9.17, 15) is 30.8 Å². The van der Waals surface area contributed by atoms with Crippen LogP contribution in [-0.4, -0.2) is 21.4 Å². The van der Waals surface area contributed by atoms with Gasteiger partial charge in [-0.25, -0.2) is 12.8 Å². The van der Waals surface area contributed by atoms with Gasteiger partial charge < -0.3 is 5.32 Å². The molecule has 0 atom stereocenters. The van der Waals surface area contributed by atoms with E-state index < -0.39 is 33.5 Å². The van der Waals surface area contributed by atoms with Crippen LogP contribution in [0.5, 0.6) is 0 Å². The third-order valence-corrected chi connectivity index (χ3v) is 6.59. The molecular weight excluding hydrogens is 472 g/mol. The van der Waals surface area contributed by atoms with Crippen molar-refractivity contribution < 1.29 is 30.8 Å². The highest BCUT2D eigenvalue weighted by Gasteiger charge is 2.30. The van der Waals surface area contributed by atoms with Gasteiger partial charge in [0.2, 0.25) is 0 Å². The molecule has 0 saturated heterocycles. The molecule has 3 aromatic carbocycles. The Bertz CT molecular complexity index is 1260. The second-order valence-corrected chi connectivity index (χ2v) is 9.00. The van der Waals surface area contributed by atoms with Gasteiger partial charge in [-0.3, -0.25) is 9.10 Å². The molecule has 11 heteroatoms. The van der Waals surface area contributed by atoms with Gasteiger partial charge in [0.25, 0.3) is 15.9 Å². The van der Waals surface area contributed by atoms with Gasteiger partial charge in [0.05, 0.1) is 26.7 Å². The van der Waals surface area contributed by atoms with E-state index in [-0.39, 0.29) is 26.9 Å². The van der Waals surface area contributed by atoms with Crippen LogP contribution in [0.3, 0.4) is 0 Å². The lowest BCUT2D eigenvalue weighted by molar-refractivity contribution is -0.137. The van der Waals surface area contributed by atoms with Crippen LogP contribution in [0, 0.1) is 5.82 Å². The summed E-state index contributed by atoms with van der Waals surface area (Å²) >= 11 is 6.03. The molecule has 0 bridgehead atoms. The first-order valence-corrected chi connectivity index (χ1v) is 10.7. The number of benzene rings is 3. The van der Waals surface area contributed by atoms with E-state index in [4.69, 9.17) is 11.6 Å². The first kappa shape index (κ1) is 23.6.